The second-order valence-corrected chi connectivity index (χ2v) is 5.78. The number of pyridine rings is 1. The van der Waals surface area contributed by atoms with E-state index in [0.29, 0.717) is 28.6 Å². The zero-order valence-electron chi connectivity index (χ0n) is 13.4. The maximum Gasteiger partial charge on any atom is 0.203 e. The molecule has 0 bridgehead atoms. The van der Waals surface area contributed by atoms with Crippen LogP contribution in [0.1, 0.15) is 5.56 Å². The van der Waals surface area contributed by atoms with Crippen LogP contribution in [0.15, 0.2) is 48.8 Å². The third-order valence-electron chi connectivity index (χ3n) is 4.28. The molecule has 4 aromatic rings. The molecule has 0 saturated carbocycles. The number of ether oxygens (including phenoxy) is 1. The van der Waals surface area contributed by atoms with Gasteiger partial charge in [-0.05, 0) is 29.8 Å². The molecule has 0 amide bonds. The molecule has 0 aliphatic rings. The smallest absolute Gasteiger partial charge is 0.203 e. The molecular weight excluding hydrogens is 323 g/mol. The molecule has 0 aliphatic heterocycles. The Balaban J connectivity index is 1.96. The Bertz CT molecular complexity index is 1090. The van der Waals surface area contributed by atoms with Crippen molar-refractivity contribution in [3.8, 4) is 17.4 Å². The van der Waals surface area contributed by atoms with Gasteiger partial charge >= 0.3 is 0 Å². The number of phenolic OH excluding ortho intramolecular Hbond substituents is 1. The first-order valence-electron chi connectivity index (χ1n) is 7.70. The van der Waals surface area contributed by atoms with Gasteiger partial charge in [0.25, 0.3) is 0 Å². The standard InChI is InChI=1S/C19H15FN2O3/c1-25-18-13-3-2-8-21-16(13)17(23)15-14(18)10-22(19(15)24)9-11-4-6-12(20)7-5-11/h2-8,10,23-24H,9H2,1H3. The molecule has 2 aromatic heterocycles. The molecule has 0 unspecified atom stereocenters. The van der Waals surface area contributed by atoms with Crippen molar-refractivity contribution in [2.24, 2.45) is 0 Å². The van der Waals surface area contributed by atoms with Crippen molar-refractivity contribution >= 4 is 21.7 Å². The van der Waals surface area contributed by atoms with E-state index in [1.54, 1.807) is 41.2 Å². The summed E-state index contributed by atoms with van der Waals surface area (Å²) in [6, 6.07) is 9.58. The Morgan fingerprint density at radius 3 is 2.60 bits per heavy atom. The largest absolute Gasteiger partial charge is 0.505 e. The zero-order valence-corrected chi connectivity index (χ0v) is 13.4. The highest BCUT2D eigenvalue weighted by Crippen LogP contribution is 2.45. The summed E-state index contributed by atoms with van der Waals surface area (Å²) in [6.07, 6.45) is 3.28. The first-order chi connectivity index (χ1) is 12.1. The molecule has 0 aliphatic carbocycles. The molecule has 0 atom stereocenters. The molecule has 0 fully saturated rings. The number of rotatable bonds is 3. The predicted octanol–water partition coefficient (Wildman–Crippen LogP) is 3.80. The van der Waals surface area contributed by atoms with Crippen LogP contribution in [0.4, 0.5) is 4.39 Å². The number of nitrogens with zero attached hydrogens (tertiary/aromatic N) is 2. The van der Waals surface area contributed by atoms with Gasteiger partial charge in [-0.1, -0.05) is 12.1 Å². The fourth-order valence-corrected chi connectivity index (χ4v) is 3.12. The SMILES string of the molecule is COc1c2cccnc2c(O)c2c(O)n(Cc3ccc(F)cc3)cc12. The van der Waals surface area contributed by atoms with Gasteiger partial charge in [-0.3, -0.25) is 4.98 Å². The lowest BCUT2D eigenvalue weighted by Gasteiger charge is -2.08. The average molecular weight is 338 g/mol. The van der Waals surface area contributed by atoms with E-state index in [1.807, 2.05) is 0 Å². The van der Waals surface area contributed by atoms with Crippen LogP contribution in [0.2, 0.25) is 0 Å². The summed E-state index contributed by atoms with van der Waals surface area (Å²) in [5.74, 6) is 0.0239. The van der Waals surface area contributed by atoms with Gasteiger partial charge in [-0.2, -0.15) is 0 Å². The second kappa shape index (κ2) is 5.66. The molecule has 0 radical (unpaired) electrons. The van der Waals surface area contributed by atoms with Gasteiger partial charge in [-0.25, -0.2) is 4.39 Å². The number of hydrogen-bond acceptors (Lipinski definition) is 4. The Morgan fingerprint density at radius 1 is 1.12 bits per heavy atom. The monoisotopic (exact) mass is 338 g/mol. The molecule has 4 rings (SSSR count). The summed E-state index contributed by atoms with van der Waals surface area (Å²) in [4.78, 5) is 4.19. The van der Waals surface area contributed by atoms with Gasteiger partial charge in [-0.15, -0.1) is 0 Å². The molecule has 2 aromatic carbocycles. The third kappa shape index (κ3) is 2.34. The Kier molecular flexibility index (Phi) is 3.46. The number of methoxy groups -OCH3 is 1. The third-order valence-corrected chi connectivity index (χ3v) is 4.28. The maximum absolute atomic E-state index is 13.1. The number of aromatic nitrogens is 2. The van der Waals surface area contributed by atoms with E-state index >= 15 is 0 Å². The number of halogens is 1. The van der Waals surface area contributed by atoms with Crippen LogP contribution in [-0.4, -0.2) is 26.9 Å². The van der Waals surface area contributed by atoms with Crippen LogP contribution in [0.3, 0.4) is 0 Å². The summed E-state index contributed by atoms with van der Waals surface area (Å²) < 4.78 is 20.2. The van der Waals surface area contributed by atoms with Crippen LogP contribution >= 0.6 is 0 Å². The van der Waals surface area contributed by atoms with Crippen molar-refractivity contribution in [3.05, 3.63) is 60.2 Å². The lowest BCUT2D eigenvalue weighted by molar-refractivity contribution is 0.422. The number of fused-ring (bicyclic) bond motifs is 2. The van der Waals surface area contributed by atoms with Crippen LogP contribution in [0, 0.1) is 5.82 Å². The first-order valence-corrected chi connectivity index (χ1v) is 7.70. The van der Waals surface area contributed by atoms with Crippen molar-refractivity contribution in [2.45, 2.75) is 6.54 Å². The highest BCUT2D eigenvalue weighted by Gasteiger charge is 2.21. The number of hydrogen-bond donors (Lipinski definition) is 2. The van der Waals surface area contributed by atoms with E-state index in [4.69, 9.17) is 4.74 Å². The summed E-state index contributed by atoms with van der Waals surface area (Å²) in [7, 11) is 1.53. The van der Waals surface area contributed by atoms with Crippen molar-refractivity contribution in [1.29, 1.82) is 0 Å². The minimum absolute atomic E-state index is 0.0947. The molecule has 25 heavy (non-hydrogen) atoms. The predicted molar refractivity (Wildman–Crippen MR) is 92.6 cm³/mol. The topological polar surface area (TPSA) is 67.5 Å². The molecule has 6 heteroatoms. The zero-order chi connectivity index (χ0) is 17.6. The van der Waals surface area contributed by atoms with Crippen LogP contribution in [0.5, 0.6) is 17.4 Å². The number of benzene rings is 2. The van der Waals surface area contributed by atoms with Crippen molar-refractivity contribution in [2.75, 3.05) is 7.11 Å². The highest BCUT2D eigenvalue weighted by molar-refractivity contribution is 6.11. The quantitative estimate of drug-likeness (QED) is 0.596. The molecule has 0 spiro atoms. The first kappa shape index (κ1) is 15.3. The molecule has 126 valence electrons. The number of aromatic hydroxyl groups is 2. The molecule has 2 N–H and O–H groups in total. The van der Waals surface area contributed by atoms with Crippen LogP contribution in [0.25, 0.3) is 21.7 Å². The van der Waals surface area contributed by atoms with Crippen LogP contribution < -0.4 is 4.74 Å². The van der Waals surface area contributed by atoms with Gasteiger partial charge in [0.1, 0.15) is 17.1 Å². The van der Waals surface area contributed by atoms with E-state index in [-0.39, 0.29) is 22.8 Å². The van der Waals surface area contributed by atoms with E-state index in [1.165, 1.54) is 19.2 Å². The minimum atomic E-state index is -0.317. The molecular formula is C19H15FN2O3. The Morgan fingerprint density at radius 2 is 1.88 bits per heavy atom. The van der Waals surface area contributed by atoms with E-state index in [0.717, 1.165) is 5.56 Å². The van der Waals surface area contributed by atoms with E-state index < -0.39 is 0 Å². The summed E-state index contributed by atoms with van der Waals surface area (Å²) in [6.45, 7) is 0.327. The fraction of sp³-hybridized carbons (Fsp3) is 0.105. The van der Waals surface area contributed by atoms with E-state index in [2.05, 4.69) is 4.98 Å². The molecule has 2 heterocycles. The minimum Gasteiger partial charge on any atom is -0.505 e. The second-order valence-electron chi connectivity index (χ2n) is 5.78. The maximum atomic E-state index is 13.1. The Hall–Kier alpha value is -3.28. The average Bonchev–Trinajstić information content (AvgIpc) is 2.94. The van der Waals surface area contributed by atoms with Gasteiger partial charge in [0.05, 0.1) is 24.4 Å². The van der Waals surface area contributed by atoms with Crippen molar-refractivity contribution < 1.29 is 19.3 Å². The Labute approximate surface area is 142 Å². The lowest BCUT2D eigenvalue weighted by Crippen LogP contribution is -1.97. The van der Waals surface area contributed by atoms with Gasteiger partial charge in [0.15, 0.2) is 5.75 Å². The normalized spacial score (nSPS) is 11.3. The summed E-state index contributed by atoms with van der Waals surface area (Å²) in [5.41, 5.74) is 1.18. The molecule has 0 saturated heterocycles. The van der Waals surface area contributed by atoms with Gasteiger partial charge < -0.3 is 19.5 Å². The van der Waals surface area contributed by atoms with Crippen LogP contribution in [-0.2, 0) is 6.54 Å². The molecule has 5 nitrogen and oxygen atoms in total. The lowest BCUT2D eigenvalue weighted by atomic mass is 10.1. The summed E-state index contributed by atoms with van der Waals surface area (Å²) >= 11 is 0. The van der Waals surface area contributed by atoms with Crippen molar-refractivity contribution in [1.82, 2.24) is 9.55 Å². The van der Waals surface area contributed by atoms with Crippen molar-refractivity contribution in [3.63, 3.8) is 0 Å². The number of phenols is 1. The van der Waals surface area contributed by atoms with Gasteiger partial charge in [0.2, 0.25) is 5.88 Å². The van der Waals surface area contributed by atoms with E-state index in [9.17, 15) is 14.6 Å². The fourth-order valence-electron chi connectivity index (χ4n) is 3.12. The summed E-state index contributed by atoms with van der Waals surface area (Å²) in [5, 5.41) is 22.7. The highest BCUT2D eigenvalue weighted by atomic mass is 19.1. The van der Waals surface area contributed by atoms with Gasteiger partial charge in [0, 0.05) is 17.8 Å².